The molecule has 5 unspecified atom stereocenters. The zero-order valence-corrected chi connectivity index (χ0v) is 20.9. The number of fused-ring (bicyclic) bond motifs is 5. The standard InChI is InChI=1S/C24H40O4.Na/c1-14(4-7-21(27)28)17-5-6-18-22-19(9-11-24(17,18)3)23(2)10-8-16(25)12-15(23)13-20(22)26;/h14-20,22,25-26H,4-13H2,1-3H3,(H,27,28);/q;+1/p-1/t14-,15?,16-,17-,18?,19?,20?,22?,23+,24-;/m1./s1. The Kier molecular flexibility index (Phi) is 7.24. The van der Waals surface area contributed by atoms with Gasteiger partial charge in [-0.2, -0.15) is 0 Å². The molecule has 0 saturated heterocycles. The van der Waals surface area contributed by atoms with E-state index in [4.69, 9.17) is 0 Å². The third-order valence-electron chi connectivity index (χ3n) is 10.2. The zero-order valence-electron chi connectivity index (χ0n) is 18.9. The van der Waals surface area contributed by atoms with Crippen LogP contribution in [0.4, 0.5) is 0 Å². The Hall–Kier alpha value is 0.390. The quantitative estimate of drug-likeness (QED) is 0.642. The van der Waals surface area contributed by atoms with Crippen molar-refractivity contribution >= 4 is 5.97 Å². The van der Waals surface area contributed by atoms with E-state index >= 15 is 0 Å². The van der Waals surface area contributed by atoms with Crippen molar-refractivity contribution in [2.45, 2.75) is 97.2 Å². The van der Waals surface area contributed by atoms with Gasteiger partial charge in [0.2, 0.25) is 0 Å². The molecule has 4 rings (SSSR count). The molecule has 0 heterocycles. The minimum atomic E-state index is -0.934. The van der Waals surface area contributed by atoms with Crippen LogP contribution in [0.2, 0.25) is 0 Å². The Labute approximate surface area is 198 Å². The number of carboxylic acid groups (broad SMARTS) is 1. The number of carboxylic acids is 1. The molecule has 0 bridgehead atoms. The monoisotopic (exact) mass is 414 g/mol. The summed E-state index contributed by atoms with van der Waals surface area (Å²) < 4.78 is 0. The number of aliphatic hydroxyl groups excluding tert-OH is 2. The van der Waals surface area contributed by atoms with Crippen molar-refractivity contribution in [3.63, 3.8) is 0 Å². The van der Waals surface area contributed by atoms with Gasteiger partial charge in [-0.3, -0.25) is 0 Å². The van der Waals surface area contributed by atoms with Crippen LogP contribution in [0.25, 0.3) is 0 Å². The van der Waals surface area contributed by atoms with Crippen LogP contribution < -0.4 is 34.7 Å². The van der Waals surface area contributed by atoms with Crippen LogP contribution >= 0.6 is 0 Å². The van der Waals surface area contributed by atoms with Crippen molar-refractivity contribution < 1.29 is 49.7 Å². The molecule has 0 aromatic carbocycles. The Morgan fingerprint density at radius 3 is 2.38 bits per heavy atom. The summed E-state index contributed by atoms with van der Waals surface area (Å²) in [5.41, 5.74) is 0.494. The Morgan fingerprint density at radius 1 is 1.03 bits per heavy atom. The number of carbonyl (C=O) groups excluding carboxylic acids is 1. The normalized spacial score (nSPS) is 49.9. The summed E-state index contributed by atoms with van der Waals surface area (Å²) in [7, 11) is 0. The van der Waals surface area contributed by atoms with Crippen molar-refractivity contribution in [1.29, 1.82) is 0 Å². The van der Waals surface area contributed by atoms with Crippen molar-refractivity contribution in [2.24, 2.45) is 46.3 Å². The molecule has 10 atom stereocenters. The van der Waals surface area contributed by atoms with E-state index in [1.54, 1.807) is 0 Å². The van der Waals surface area contributed by atoms with E-state index in [9.17, 15) is 20.1 Å². The van der Waals surface area contributed by atoms with Gasteiger partial charge < -0.3 is 20.1 Å². The van der Waals surface area contributed by atoms with Gasteiger partial charge in [-0.15, -0.1) is 0 Å². The number of aliphatic hydroxyl groups is 2. The van der Waals surface area contributed by atoms with Gasteiger partial charge in [0.25, 0.3) is 0 Å². The largest absolute Gasteiger partial charge is 1.00 e. The summed E-state index contributed by atoms with van der Waals surface area (Å²) in [6, 6.07) is 0. The number of hydrogen-bond acceptors (Lipinski definition) is 4. The predicted octanol–water partition coefficient (Wildman–Crippen LogP) is 0.147. The van der Waals surface area contributed by atoms with Crippen LogP contribution in [0.5, 0.6) is 0 Å². The second-order valence-electron chi connectivity index (χ2n) is 11.3. The van der Waals surface area contributed by atoms with Gasteiger partial charge in [-0.05, 0) is 111 Å². The van der Waals surface area contributed by atoms with E-state index in [1.807, 2.05) is 0 Å². The van der Waals surface area contributed by atoms with E-state index < -0.39 is 5.97 Å². The van der Waals surface area contributed by atoms with Gasteiger partial charge in [0.05, 0.1) is 12.2 Å². The minimum Gasteiger partial charge on any atom is -0.550 e. The fraction of sp³-hybridized carbons (Fsp3) is 0.958. The maximum atomic E-state index is 11.2. The molecule has 29 heavy (non-hydrogen) atoms. The molecule has 4 saturated carbocycles. The zero-order chi connectivity index (χ0) is 20.3. The summed E-state index contributed by atoms with van der Waals surface area (Å²) in [6.07, 6.45) is 8.91. The van der Waals surface area contributed by atoms with Gasteiger partial charge in [0.15, 0.2) is 0 Å². The molecule has 2 N–H and O–H groups in total. The molecule has 0 spiro atoms. The van der Waals surface area contributed by atoms with Crippen LogP contribution in [0.1, 0.15) is 85.0 Å². The summed E-state index contributed by atoms with van der Waals surface area (Å²) in [6.45, 7) is 7.11. The van der Waals surface area contributed by atoms with Crippen LogP contribution in [0.15, 0.2) is 0 Å². The number of rotatable bonds is 4. The molecule has 160 valence electrons. The van der Waals surface area contributed by atoms with Crippen LogP contribution in [-0.2, 0) is 4.79 Å². The SMILES string of the molecule is C[C@H](CCC(=O)[O-])[C@H]1CCC2C3C(O)CC4C[C@H](O)CC[C@]4(C)C3CC[C@@]21C.[Na+]. The first-order valence-corrected chi connectivity index (χ1v) is 11.7. The second-order valence-corrected chi connectivity index (χ2v) is 11.3. The molecule has 0 amide bonds. The molecule has 0 radical (unpaired) electrons. The number of hydrogen-bond donors (Lipinski definition) is 2. The molecule has 4 fully saturated rings. The molecule has 0 aromatic heterocycles. The molecule has 0 aromatic rings. The van der Waals surface area contributed by atoms with Gasteiger partial charge in [0, 0.05) is 5.97 Å². The molecule has 4 aliphatic rings. The summed E-state index contributed by atoms with van der Waals surface area (Å²) in [4.78, 5) is 10.9. The molecule has 5 heteroatoms. The Morgan fingerprint density at radius 2 is 1.69 bits per heavy atom. The maximum absolute atomic E-state index is 11.2. The summed E-state index contributed by atoms with van der Waals surface area (Å²) in [5, 5.41) is 32.4. The third kappa shape index (κ3) is 3.99. The summed E-state index contributed by atoms with van der Waals surface area (Å²) in [5.74, 6) is 1.99. The van der Waals surface area contributed by atoms with E-state index in [0.717, 1.165) is 25.7 Å². The molecular formula is C24H39NaO4. The Bertz CT molecular complexity index is 612. The second kappa shape index (κ2) is 8.73. The average Bonchev–Trinajstić information content (AvgIpc) is 2.98. The first-order valence-electron chi connectivity index (χ1n) is 11.7. The minimum absolute atomic E-state index is 0. The topological polar surface area (TPSA) is 80.6 Å². The van der Waals surface area contributed by atoms with Crippen molar-refractivity contribution in [1.82, 2.24) is 0 Å². The van der Waals surface area contributed by atoms with Crippen molar-refractivity contribution in [2.75, 3.05) is 0 Å². The van der Waals surface area contributed by atoms with Gasteiger partial charge in [-0.1, -0.05) is 20.8 Å². The van der Waals surface area contributed by atoms with E-state index in [2.05, 4.69) is 20.8 Å². The van der Waals surface area contributed by atoms with Gasteiger partial charge >= 0.3 is 29.6 Å². The fourth-order valence-corrected chi connectivity index (χ4v) is 8.72. The van der Waals surface area contributed by atoms with Gasteiger partial charge in [0.1, 0.15) is 0 Å². The van der Waals surface area contributed by atoms with Crippen molar-refractivity contribution in [3.05, 3.63) is 0 Å². The van der Waals surface area contributed by atoms with Crippen molar-refractivity contribution in [3.8, 4) is 0 Å². The molecule has 4 aliphatic carbocycles. The smallest absolute Gasteiger partial charge is 0.550 e. The maximum Gasteiger partial charge on any atom is 1.00 e. The Balaban J connectivity index is 0.00000240. The average molecular weight is 415 g/mol. The molecule has 0 aliphatic heterocycles. The van der Waals surface area contributed by atoms with Crippen LogP contribution in [0.3, 0.4) is 0 Å². The number of aliphatic carboxylic acids is 1. The summed E-state index contributed by atoms with van der Waals surface area (Å²) >= 11 is 0. The van der Waals surface area contributed by atoms with Crippen LogP contribution in [-0.4, -0.2) is 28.4 Å². The predicted molar refractivity (Wildman–Crippen MR) is 106 cm³/mol. The first-order chi connectivity index (χ1) is 13.2. The molecule has 4 nitrogen and oxygen atoms in total. The van der Waals surface area contributed by atoms with E-state index in [0.29, 0.717) is 41.9 Å². The number of carbonyl (C=O) groups is 1. The molecular weight excluding hydrogens is 375 g/mol. The third-order valence-corrected chi connectivity index (χ3v) is 10.2. The first kappa shape index (κ1) is 24.0. The van der Waals surface area contributed by atoms with E-state index in [-0.39, 0.29) is 59.0 Å². The van der Waals surface area contributed by atoms with E-state index in [1.165, 1.54) is 25.7 Å². The fourth-order valence-electron chi connectivity index (χ4n) is 8.72. The van der Waals surface area contributed by atoms with Crippen LogP contribution in [0, 0.1) is 46.3 Å². The van der Waals surface area contributed by atoms with Gasteiger partial charge in [-0.25, -0.2) is 0 Å².